The van der Waals surface area contributed by atoms with Crippen molar-refractivity contribution in [2.24, 2.45) is 5.73 Å². The van der Waals surface area contributed by atoms with Crippen molar-refractivity contribution in [2.45, 2.75) is 11.8 Å². The van der Waals surface area contributed by atoms with Crippen molar-refractivity contribution in [1.29, 1.82) is 0 Å². The van der Waals surface area contributed by atoms with Crippen LogP contribution in [0.1, 0.15) is 11.3 Å². The molecule has 2 nitrogen and oxygen atoms in total. The van der Waals surface area contributed by atoms with Gasteiger partial charge in [-0.2, -0.15) is 0 Å². The molecular weight excluding hydrogens is 170 g/mol. The van der Waals surface area contributed by atoms with Crippen LogP contribution in [0.25, 0.3) is 0 Å². The van der Waals surface area contributed by atoms with Crippen LogP contribution in [0.5, 0.6) is 0 Å². The van der Waals surface area contributed by atoms with Crippen LogP contribution >= 0.6 is 11.3 Å². The van der Waals surface area contributed by atoms with E-state index in [1.807, 2.05) is 11.3 Å². The zero-order chi connectivity index (χ0) is 8.44. The zero-order valence-corrected chi connectivity index (χ0v) is 7.77. The lowest BCUT2D eigenvalue weighted by molar-refractivity contribution is -0.0612. The van der Waals surface area contributed by atoms with Crippen LogP contribution in [0.2, 0.25) is 0 Å². The van der Waals surface area contributed by atoms with Gasteiger partial charge in [-0.05, 0) is 24.4 Å². The van der Waals surface area contributed by atoms with Gasteiger partial charge in [0.05, 0.1) is 18.6 Å². The van der Waals surface area contributed by atoms with Gasteiger partial charge in [0.15, 0.2) is 0 Å². The van der Waals surface area contributed by atoms with Crippen LogP contribution in [-0.4, -0.2) is 19.8 Å². The number of nitrogens with two attached hydrogens (primary N) is 1. The largest absolute Gasteiger partial charge is 0.379 e. The Morgan fingerprint density at radius 2 is 2.42 bits per heavy atom. The average Bonchev–Trinajstić information content (AvgIpc) is 2.48. The second-order valence-electron chi connectivity index (χ2n) is 3.29. The number of hydrogen-bond donors (Lipinski definition) is 1. The topological polar surface area (TPSA) is 35.2 Å². The molecule has 1 saturated heterocycles. The minimum Gasteiger partial charge on any atom is -0.379 e. The molecule has 12 heavy (non-hydrogen) atoms. The SMILES string of the molecule is NCCC1(c2cccs2)COC1. The maximum absolute atomic E-state index is 5.58. The molecule has 0 bridgehead atoms. The summed E-state index contributed by atoms with van der Waals surface area (Å²) in [5, 5.41) is 2.12. The predicted octanol–water partition coefficient (Wildman–Crippen LogP) is 1.36. The van der Waals surface area contributed by atoms with Crippen LogP contribution < -0.4 is 5.73 Å². The highest BCUT2D eigenvalue weighted by Gasteiger charge is 2.40. The third-order valence-corrected chi connectivity index (χ3v) is 3.54. The number of thiophene rings is 1. The first-order valence-electron chi connectivity index (χ1n) is 4.19. The van der Waals surface area contributed by atoms with Gasteiger partial charge >= 0.3 is 0 Å². The van der Waals surface area contributed by atoms with E-state index >= 15 is 0 Å². The maximum atomic E-state index is 5.58. The molecule has 0 amide bonds. The monoisotopic (exact) mass is 183 g/mol. The first kappa shape index (κ1) is 8.23. The van der Waals surface area contributed by atoms with E-state index < -0.39 is 0 Å². The molecule has 2 N–H and O–H groups in total. The Balaban J connectivity index is 2.17. The molecular formula is C9H13NOS. The van der Waals surface area contributed by atoms with Gasteiger partial charge < -0.3 is 10.5 Å². The van der Waals surface area contributed by atoms with Crippen molar-refractivity contribution in [1.82, 2.24) is 0 Å². The third kappa shape index (κ3) is 1.18. The smallest absolute Gasteiger partial charge is 0.0594 e. The summed E-state index contributed by atoms with van der Waals surface area (Å²) in [6, 6.07) is 4.28. The number of ether oxygens (including phenoxy) is 1. The van der Waals surface area contributed by atoms with Crippen LogP contribution in [0.4, 0.5) is 0 Å². The third-order valence-electron chi connectivity index (χ3n) is 2.42. The molecule has 3 heteroatoms. The van der Waals surface area contributed by atoms with Gasteiger partial charge in [0, 0.05) is 4.88 Å². The minimum absolute atomic E-state index is 0.267. The highest BCUT2D eigenvalue weighted by atomic mass is 32.1. The van der Waals surface area contributed by atoms with Gasteiger partial charge in [0.1, 0.15) is 0 Å². The Kier molecular flexibility index (Phi) is 2.17. The number of hydrogen-bond acceptors (Lipinski definition) is 3. The lowest BCUT2D eigenvalue weighted by Gasteiger charge is -2.40. The lowest BCUT2D eigenvalue weighted by atomic mass is 9.81. The minimum atomic E-state index is 0.267. The zero-order valence-electron chi connectivity index (χ0n) is 6.95. The lowest BCUT2D eigenvalue weighted by Crippen LogP contribution is -2.47. The van der Waals surface area contributed by atoms with Crippen LogP contribution in [0.15, 0.2) is 17.5 Å². The normalized spacial score (nSPS) is 20.4. The molecule has 2 heterocycles. The molecule has 0 saturated carbocycles. The standard InChI is InChI=1S/C9H13NOS/c10-4-3-9(6-11-7-9)8-2-1-5-12-8/h1-2,5H,3-4,6-7,10H2. The molecule has 0 aliphatic carbocycles. The van der Waals surface area contributed by atoms with E-state index in [1.165, 1.54) is 4.88 Å². The summed E-state index contributed by atoms with van der Waals surface area (Å²) in [6.45, 7) is 2.46. The summed E-state index contributed by atoms with van der Waals surface area (Å²) in [5.74, 6) is 0. The Morgan fingerprint density at radius 1 is 1.58 bits per heavy atom. The van der Waals surface area contributed by atoms with E-state index in [2.05, 4.69) is 17.5 Å². The fourth-order valence-corrected chi connectivity index (χ4v) is 2.55. The summed E-state index contributed by atoms with van der Waals surface area (Å²) in [7, 11) is 0. The highest BCUT2D eigenvalue weighted by molar-refractivity contribution is 7.10. The molecule has 1 fully saturated rings. The van der Waals surface area contributed by atoms with Gasteiger partial charge in [-0.15, -0.1) is 11.3 Å². The maximum Gasteiger partial charge on any atom is 0.0594 e. The summed E-state index contributed by atoms with van der Waals surface area (Å²) in [4.78, 5) is 1.43. The molecule has 1 aliphatic rings. The van der Waals surface area contributed by atoms with E-state index in [4.69, 9.17) is 10.5 Å². The van der Waals surface area contributed by atoms with E-state index in [0.29, 0.717) is 0 Å². The molecule has 0 unspecified atom stereocenters. The van der Waals surface area contributed by atoms with Crippen LogP contribution in [-0.2, 0) is 10.2 Å². The van der Waals surface area contributed by atoms with Gasteiger partial charge in [0.25, 0.3) is 0 Å². The Hall–Kier alpha value is -0.380. The van der Waals surface area contributed by atoms with Crippen molar-refractivity contribution in [2.75, 3.05) is 19.8 Å². The highest BCUT2D eigenvalue weighted by Crippen LogP contribution is 2.37. The van der Waals surface area contributed by atoms with Crippen molar-refractivity contribution < 1.29 is 4.74 Å². The molecule has 0 aromatic carbocycles. The molecule has 1 aromatic heterocycles. The van der Waals surface area contributed by atoms with E-state index in [0.717, 1.165) is 26.2 Å². The Labute approximate surface area is 76.3 Å². The summed E-state index contributed by atoms with van der Waals surface area (Å²) >= 11 is 1.81. The van der Waals surface area contributed by atoms with Crippen molar-refractivity contribution in [3.63, 3.8) is 0 Å². The van der Waals surface area contributed by atoms with E-state index in [1.54, 1.807) is 0 Å². The van der Waals surface area contributed by atoms with Crippen LogP contribution in [0, 0.1) is 0 Å². The molecule has 0 atom stereocenters. The average molecular weight is 183 g/mol. The molecule has 0 radical (unpaired) electrons. The second-order valence-corrected chi connectivity index (χ2v) is 4.24. The second kappa shape index (κ2) is 3.17. The van der Waals surface area contributed by atoms with Crippen molar-refractivity contribution >= 4 is 11.3 Å². The Morgan fingerprint density at radius 3 is 2.83 bits per heavy atom. The molecule has 66 valence electrons. The predicted molar refractivity (Wildman–Crippen MR) is 50.5 cm³/mol. The van der Waals surface area contributed by atoms with E-state index in [9.17, 15) is 0 Å². The molecule has 1 aromatic rings. The van der Waals surface area contributed by atoms with Gasteiger partial charge in [-0.1, -0.05) is 6.07 Å². The first-order chi connectivity index (χ1) is 5.87. The molecule has 2 rings (SSSR count). The summed E-state index contributed by atoms with van der Waals surface area (Å²) in [6.07, 6.45) is 1.05. The van der Waals surface area contributed by atoms with Crippen LogP contribution in [0.3, 0.4) is 0 Å². The van der Waals surface area contributed by atoms with Gasteiger partial charge in [0.2, 0.25) is 0 Å². The summed E-state index contributed by atoms with van der Waals surface area (Å²) in [5.41, 5.74) is 5.85. The van der Waals surface area contributed by atoms with Crippen molar-refractivity contribution in [3.8, 4) is 0 Å². The van der Waals surface area contributed by atoms with Crippen molar-refractivity contribution in [3.05, 3.63) is 22.4 Å². The molecule has 0 spiro atoms. The fourth-order valence-electron chi connectivity index (χ4n) is 1.61. The van der Waals surface area contributed by atoms with E-state index in [-0.39, 0.29) is 5.41 Å². The van der Waals surface area contributed by atoms with Gasteiger partial charge in [-0.25, -0.2) is 0 Å². The molecule has 1 aliphatic heterocycles. The van der Waals surface area contributed by atoms with Gasteiger partial charge in [-0.3, -0.25) is 0 Å². The first-order valence-corrected chi connectivity index (χ1v) is 5.07. The number of rotatable bonds is 3. The summed E-state index contributed by atoms with van der Waals surface area (Å²) < 4.78 is 5.27. The fraction of sp³-hybridized carbons (Fsp3) is 0.556. The quantitative estimate of drug-likeness (QED) is 0.768. The Bertz CT molecular complexity index is 241.